The van der Waals surface area contributed by atoms with Gasteiger partial charge < -0.3 is 15.0 Å². The second kappa shape index (κ2) is 8.99. The Bertz CT molecular complexity index is 939. The van der Waals surface area contributed by atoms with Crippen LogP contribution in [0, 0.1) is 16.0 Å². The maximum absolute atomic E-state index is 12.3. The van der Waals surface area contributed by atoms with Crippen molar-refractivity contribution in [2.75, 3.05) is 36.1 Å². The van der Waals surface area contributed by atoms with Crippen molar-refractivity contribution < 1.29 is 27.7 Å². The zero-order valence-corrected chi connectivity index (χ0v) is 17.5. The van der Waals surface area contributed by atoms with Crippen LogP contribution in [0.5, 0.6) is 0 Å². The second-order valence-electron chi connectivity index (χ2n) is 7.87. The van der Waals surface area contributed by atoms with Gasteiger partial charge in [-0.15, -0.1) is 0 Å². The number of esters is 1. The molecule has 2 aliphatic heterocycles. The molecule has 30 heavy (non-hydrogen) atoms. The van der Waals surface area contributed by atoms with Crippen LogP contribution < -0.4 is 10.2 Å². The summed E-state index contributed by atoms with van der Waals surface area (Å²) in [5, 5.41) is 14.0. The van der Waals surface area contributed by atoms with Crippen LogP contribution in [0.15, 0.2) is 18.2 Å². The number of hydrogen-bond donors (Lipinski definition) is 1. The van der Waals surface area contributed by atoms with Crippen molar-refractivity contribution in [1.29, 1.82) is 0 Å². The molecule has 2 aliphatic rings. The van der Waals surface area contributed by atoms with Crippen molar-refractivity contribution in [3.63, 3.8) is 0 Å². The van der Waals surface area contributed by atoms with Gasteiger partial charge in [-0.2, -0.15) is 0 Å². The highest BCUT2D eigenvalue weighted by atomic mass is 32.2. The zero-order valence-electron chi connectivity index (χ0n) is 16.7. The molecule has 0 bridgehead atoms. The lowest BCUT2D eigenvalue weighted by atomic mass is 9.98. The van der Waals surface area contributed by atoms with Crippen molar-refractivity contribution in [2.45, 2.75) is 32.2 Å². The maximum atomic E-state index is 12.3. The number of ether oxygens (including phenoxy) is 1. The molecule has 0 aromatic heterocycles. The average molecular weight is 439 g/mol. The van der Waals surface area contributed by atoms with Gasteiger partial charge in [0.2, 0.25) is 0 Å². The molecule has 2 heterocycles. The van der Waals surface area contributed by atoms with E-state index < -0.39 is 39.3 Å². The van der Waals surface area contributed by atoms with Gasteiger partial charge in [-0.3, -0.25) is 14.9 Å². The van der Waals surface area contributed by atoms with E-state index >= 15 is 0 Å². The minimum atomic E-state index is -3.14. The fraction of sp³-hybridized carbons (Fsp3) is 0.579. The number of nitro groups is 1. The normalized spacial score (nSPS) is 21.2. The van der Waals surface area contributed by atoms with E-state index in [4.69, 9.17) is 4.74 Å². The van der Waals surface area contributed by atoms with E-state index in [0.29, 0.717) is 31.1 Å². The summed E-state index contributed by atoms with van der Waals surface area (Å²) in [5.41, 5.74) is 0.260. The first-order valence-electron chi connectivity index (χ1n) is 9.85. The Balaban J connectivity index is 1.61. The predicted octanol–water partition coefficient (Wildman–Crippen LogP) is 1.29. The third-order valence-corrected chi connectivity index (χ3v) is 7.23. The number of nitrogens with zero attached hydrogens (tertiary/aromatic N) is 2. The van der Waals surface area contributed by atoms with Crippen LogP contribution in [0.4, 0.5) is 11.4 Å². The summed E-state index contributed by atoms with van der Waals surface area (Å²) in [6.07, 6.45) is 2.21. The van der Waals surface area contributed by atoms with Gasteiger partial charge in [0.1, 0.15) is 5.69 Å². The van der Waals surface area contributed by atoms with Crippen LogP contribution in [0.2, 0.25) is 0 Å². The summed E-state index contributed by atoms with van der Waals surface area (Å²) in [4.78, 5) is 37.1. The number of anilines is 1. The Kier molecular flexibility index (Phi) is 6.59. The first kappa shape index (κ1) is 22.0. The number of piperidine rings is 1. The zero-order chi connectivity index (χ0) is 21.9. The number of carbonyl (C=O) groups is 2. The summed E-state index contributed by atoms with van der Waals surface area (Å²) in [7, 11) is -3.14. The van der Waals surface area contributed by atoms with E-state index in [-0.39, 0.29) is 22.8 Å². The van der Waals surface area contributed by atoms with Gasteiger partial charge in [-0.1, -0.05) is 6.92 Å². The van der Waals surface area contributed by atoms with E-state index in [1.807, 2.05) is 4.90 Å². The van der Waals surface area contributed by atoms with Crippen molar-refractivity contribution in [3.8, 4) is 0 Å². The van der Waals surface area contributed by atoms with E-state index in [2.05, 4.69) is 12.2 Å². The first-order valence-corrected chi connectivity index (χ1v) is 11.7. The molecule has 1 aromatic rings. The smallest absolute Gasteiger partial charge is 0.338 e. The second-order valence-corrected chi connectivity index (χ2v) is 10.1. The van der Waals surface area contributed by atoms with Crippen LogP contribution in [0.3, 0.4) is 0 Å². The molecule has 1 unspecified atom stereocenters. The Hall–Kier alpha value is -2.69. The van der Waals surface area contributed by atoms with Crippen LogP contribution >= 0.6 is 0 Å². The molecule has 0 radical (unpaired) electrons. The molecule has 1 N–H and O–H groups in total. The predicted molar refractivity (Wildman–Crippen MR) is 109 cm³/mol. The fourth-order valence-electron chi connectivity index (χ4n) is 3.71. The molecule has 2 saturated heterocycles. The van der Waals surface area contributed by atoms with Gasteiger partial charge in [0, 0.05) is 25.2 Å². The summed E-state index contributed by atoms with van der Waals surface area (Å²) in [6, 6.07) is 3.66. The summed E-state index contributed by atoms with van der Waals surface area (Å²) < 4.78 is 27.8. The van der Waals surface area contributed by atoms with Gasteiger partial charge >= 0.3 is 5.97 Å². The van der Waals surface area contributed by atoms with Crippen molar-refractivity contribution in [3.05, 3.63) is 33.9 Å². The summed E-state index contributed by atoms with van der Waals surface area (Å²) in [5.74, 6) is -1.01. The van der Waals surface area contributed by atoms with Gasteiger partial charge in [0.15, 0.2) is 16.4 Å². The number of benzene rings is 1. The van der Waals surface area contributed by atoms with Crippen LogP contribution in [-0.2, 0) is 19.4 Å². The van der Waals surface area contributed by atoms with E-state index in [1.54, 1.807) is 0 Å². The Morgan fingerprint density at radius 2 is 1.97 bits per heavy atom. The number of sulfone groups is 1. The largest absolute Gasteiger partial charge is 0.452 e. The molecular weight excluding hydrogens is 414 g/mol. The minimum Gasteiger partial charge on any atom is -0.452 e. The average Bonchev–Trinajstić information content (AvgIpc) is 3.04. The molecule has 2 fully saturated rings. The molecular formula is C19H25N3O7S. The van der Waals surface area contributed by atoms with Gasteiger partial charge in [0.05, 0.1) is 22.0 Å². The Morgan fingerprint density at radius 3 is 2.57 bits per heavy atom. The Morgan fingerprint density at radius 1 is 1.27 bits per heavy atom. The molecule has 10 nitrogen and oxygen atoms in total. The molecule has 0 spiro atoms. The molecule has 0 saturated carbocycles. The lowest BCUT2D eigenvalue weighted by molar-refractivity contribution is -0.384. The van der Waals surface area contributed by atoms with E-state index in [9.17, 15) is 28.1 Å². The highest BCUT2D eigenvalue weighted by Gasteiger charge is 2.29. The number of nitrogens with one attached hydrogen (secondary N) is 1. The topological polar surface area (TPSA) is 136 Å². The van der Waals surface area contributed by atoms with Crippen molar-refractivity contribution >= 4 is 33.1 Å². The lowest BCUT2D eigenvalue weighted by Gasteiger charge is -2.31. The SMILES string of the molecule is CC1CCN(c2ccc(C(=O)OCC(=O)NC3CCS(=O)(=O)C3)cc2[N+](=O)[O-])CC1. The van der Waals surface area contributed by atoms with Gasteiger partial charge in [0.25, 0.3) is 11.6 Å². The number of nitro benzene ring substituents is 1. The molecule has 0 aliphatic carbocycles. The van der Waals surface area contributed by atoms with Gasteiger partial charge in [-0.05, 0) is 37.3 Å². The lowest BCUT2D eigenvalue weighted by Crippen LogP contribution is -2.38. The van der Waals surface area contributed by atoms with E-state index in [0.717, 1.165) is 18.9 Å². The standard InChI is InChI=1S/C19H25N3O7S/c1-13-4-7-21(8-5-13)16-3-2-14(10-17(16)22(25)26)19(24)29-11-18(23)20-15-6-9-30(27,28)12-15/h2-3,10,13,15H,4-9,11-12H2,1H3,(H,20,23). The van der Waals surface area contributed by atoms with Crippen LogP contribution in [-0.4, -0.2) is 62.5 Å². The highest BCUT2D eigenvalue weighted by Crippen LogP contribution is 2.32. The molecule has 1 amide bonds. The van der Waals surface area contributed by atoms with Crippen molar-refractivity contribution in [1.82, 2.24) is 5.32 Å². The number of carbonyl (C=O) groups excluding carboxylic acids is 2. The molecule has 11 heteroatoms. The third kappa shape index (κ3) is 5.47. The fourth-order valence-corrected chi connectivity index (χ4v) is 5.38. The monoisotopic (exact) mass is 439 g/mol. The van der Waals surface area contributed by atoms with Crippen molar-refractivity contribution in [2.24, 2.45) is 5.92 Å². The quantitative estimate of drug-likeness (QED) is 0.398. The van der Waals surface area contributed by atoms with E-state index in [1.165, 1.54) is 12.1 Å². The Labute approximate surface area is 174 Å². The van der Waals surface area contributed by atoms with Crippen LogP contribution in [0.25, 0.3) is 0 Å². The summed E-state index contributed by atoms with van der Waals surface area (Å²) >= 11 is 0. The maximum Gasteiger partial charge on any atom is 0.338 e. The highest BCUT2D eigenvalue weighted by molar-refractivity contribution is 7.91. The number of rotatable bonds is 6. The molecule has 164 valence electrons. The van der Waals surface area contributed by atoms with Crippen LogP contribution in [0.1, 0.15) is 36.5 Å². The minimum absolute atomic E-state index is 0.0175. The molecule has 1 aromatic carbocycles. The number of hydrogen-bond acceptors (Lipinski definition) is 8. The number of amides is 1. The van der Waals surface area contributed by atoms with Gasteiger partial charge in [-0.25, -0.2) is 13.2 Å². The molecule has 3 rings (SSSR count). The summed E-state index contributed by atoms with van der Waals surface area (Å²) in [6.45, 7) is 2.98. The molecule has 1 atom stereocenters. The third-order valence-electron chi connectivity index (χ3n) is 5.46. The first-order chi connectivity index (χ1) is 14.1.